The van der Waals surface area contributed by atoms with Crippen LogP contribution in [-0.2, 0) is 6.42 Å². The molecule has 3 aromatic carbocycles. The highest BCUT2D eigenvalue weighted by Gasteiger charge is 2.19. The monoisotopic (exact) mass is 475 g/mol. The van der Waals surface area contributed by atoms with Crippen LogP contribution in [0.1, 0.15) is 29.5 Å². The van der Waals surface area contributed by atoms with Gasteiger partial charge in [0.1, 0.15) is 0 Å². The maximum atomic E-state index is 10.9. The lowest BCUT2D eigenvalue weighted by Gasteiger charge is -2.14. The van der Waals surface area contributed by atoms with Gasteiger partial charge in [0.05, 0.1) is 35.2 Å². The van der Waals surface area contributed by atoms with Crippen molar-refractivity contribution in [1.82, 2.24) is 19.9 Å². The SMILES string of the molecule is Oc1[nH]c2ccccc2c1C(=Nc1ccc(-c2cnc[nH]2)cc1)c1ccc(CCN2CCCC2)cc1. The molecule has 1 fully saturated rings. The summed E-state index contributed by atoms with van der Waals surface area (Å²) in [7, 11) is 0. The predicted molar refractivity (Wildman–Crippen MR) is 145 cm³/mol. The zero-order chi connectivity index (χ0) is 24.3. The Hall–Kier alpha value is -4.16. The first kappa shape index (κ1) is 22.3. The van der Waals surface area contributed by atoms with E-state index in [2.05, 4.69) is 44.1 Å². The summed E-state index contributed by atoms with van der Waals surface area (Å²) in [5.74, 6) is 0.127. The Labute approximate surface area is 210 Å². The Bertz CT molecular complexity index is 1480. The Morgan fingerprint density at radius 3 is 2.47 bits per heavy atom. The van der Waals surface area contributed by atoms with Crippen molar-refractivity contribution in [3.05, 3.63) is 102 Å². The number of benzene rings is 3. The molecule has 0 radical (unpaired) electrons. The highest BCUT2D eigenvalue weighted by atomic mass is 16.3. The zero-order valence-electron chi connectivity index (χ0n) is 20.1. The minimum absolute atomic E-state index is 0.127. The number of nitrogens with zero attached hydrogens (tertiary/aromatic N) is 3. The van der Waals surface area contributed by atoms with E-state index in [1.165, 1.54) is 31.5 Å². The minimum Gasteiger partial charge on any atom is -0.494 e. The van der Waals surface area contributed by atoms with Gasteiger partial charge in [-0.1, -0.05) is 54.6 Å². The van der Waals surface area contributed by atoms with Gasteiger partial charge in [0.25, 0.3) is 0 Å². The number of nitrogens with one attached hydrogen (secondary N) is 2. The molecular weight excluding hydrogens is 446 g/mol. The zero-order valence-corrected chi connectivity index (χ0v) is 20.1. The maximum absolute atomic E-state index is 10.9. The van der Waals surface area contributed by atoms with Gasteiger partial charge in [-0.05, 0) is 61.7 Å². The van der Waals surface area contributed by atoms with Gasteiger partial charge in [-0.15, -0.1) is 0 Å². The first-order chi connectivity index (χ1) is 17.7. The third kappa shape index (κ3) is 4.55. The Morgan fingerprint density at radius 2 is 1.72 bits per heavy atom. The molecule has 180 valence electrons. The predicted octanol–water partition coefficient (Wildman–Crippen LogP) is 6.07. The van der Waals surface area contributed by atoms with Crippen LogP contribution in [0.15, 0.2) is 90.3 Å². The topological polar surface area (TPSA) is 80.3 Å². The number of hydrogen-bond donors (Lipinski definition) is 3. The summed E-state index contributed by atoms with van der Waals surface area (Å²) in [6.45, 7) is 3.54. The largest absolute Gasteiger partial charge is 0.494 e. The lowest BCUT2D eigenvalue weighted by Crippen LogP contribution is -2.21. The van der Waals surface area contributed by atoms with E-state index in [0.29, 0.717) is 5.56 Å². The molecule has 0 aliphatic carbocycles. The highest BCUT2D eigenvalue weighted by molar-refractivity contribution is 6.21. The summed E-state index contributed by atoms with van der Waals surface area (Å²) >= 11 is 0. The quantitative estimate of drug-likeness (QED) is 0.250. The summed E-state index contributed by atoms with van der Waals surface area (Å²) in [6.07, 6.45) is 7.15. The molecule has 1 saturated heterocycles. The molecule has 36 heavy (non-hydrogen) atoms. The Balaban J connectivity index is 1.37. The summed E-state index contributed by atoms with van der Waals surface area (Å²) in [6, 6.07) is 24.6. The fourth-order valence-electron chi connectivity index (χ4n) is 5.01. The molecule has 5 aromatic rings. The van der Waals surface area contributed by atoms with Crippen molar-refractivity contribution >= 4 is 22.3 Å². The second kappa shape index (κ2) is 9.84. The van der Waals surface area contributed by atoms with Gasteiger partial charge < -0.3 is 20.0 Å². The molecule has 0 saturated carbocycles. The van der Waals surface area contributed by atoms with Crippen LogP contribution >= 0.6 is 0 Å². The number of aromatic nitrogens is 3. The lowest BCUT2D eigenvalue weighted by atomic mass is 9.99. The minimum atomic E-state index is 0.127. The molecule has 0 atom stereocenters. The Morgan fingerprint density at radius 1 is 0.944 bits per heavy atom. The van der Waals surface area contributed by atoms with E-state index in [-0.39, 0.29) is 5.88 Å². The van der Waals surface area contributed by atoms with E-state index >= 15 is 0 Å². The number of hydrogen-bond acceptors (Lipinski definition) is 4. The lowest BCUT2D eigenvalue weighted by molar-refractivity contribution is 0.343. The van der Waals surface area contributed by atoms with E-state index in [4.69, 9.17) is 4.99 Å². The maximum Gasteiger partial charge on any atom is 0.199 e. The average molecular weight is 476 g/mol. The molecule has 3 N–H and O–H groups in total. The number of likely N-dealkylation sites (tertiary alicyclic amines) is 1. The van der Waals surface area contributed by atoms with E-state index in [1.807, 2.05) is 48.5 Å². The fraction of sp³-hybridized carbons (Fsp3) is 0.200. The van der Waals surface area contributed by atoms with Crippen molar-refractivity contribution in [3.63, 3.8) is 0 Å². The number of aromatic amines is 2. The van der Waals surface area contributed by atoms with Crippen LogP contribution in [0.2, 0.25) is 0 Å². The van der Waals surface area contributed by atoms with E-state index in [9.17, 15) is 5.11 Å². The van der Waals surface area contributed by atoms with Crippen molar-refractivity contribution in [2.75, 3.05) is 19.6 Å². The standard InChI is InChI=1S/C30H29N5O/c36-30-28(25-5-1-2-6-26(25)34-30)29(33-24-13-11-22(12-14-24)27-19-31-20-32-27)23-9-7-21(8-10-23)15-18-35-16-3-4-17-35/h1-2,5-14,19-20,34,36H,3-4,15-18H2,(H,31,32). The molecule has 3 heterocycles. The van der Waals surface area contributed by atoms with Gasteiger partial charge in [-0.25, -0.2) is 9.98 Å². The van der Waals surface area contributed by atoms with Gasteiger partial charge in [-0.2, -0.15) is 0 Å². The molecule has 6 nitrogen and oxygen atoms in total. The molecule has 0 spiro atoms. The fourth-order valence-corrected chi connectivity index (χ4v) is 5.01. The van der Waals surface area contributed by atoms with Gasteiger partial charge in [0, 0.05) is 23.0 Å². The van der Waals surface area contributed by atoms with Crippen molar-refractivity contribution in [1.29, 1.82) is 0 Å². The van der Waals surface area contributed by atoms with Crippen LogP contribution in [0.3, 0.4) is 0 Å². The second-order valence-electron chi connectivity index (χ2n) is 9.36. The van der Waals surface area contributed by atoms with Crippen LogP contribution in [0.4, 0.5) is 5.69 Å². The van der Waals surface area contributed by atoms with Gasteiger partial charge in [-0.3, -0.25) is 0 Å². The van der Waals surface area contributed by atoms with Crippen molar-refractivity contribution in [2.24, 2.45) is 4.99 Å². The number of H-pyrrole nitrogens is 2. The third-order valence-corrected chi connectivity index (χ3v) is 6.98. The van der Waals surface area contributed by atoms with Crippen LogP contribution < -0.4 is 0 Å². The number of para-hydroxylation sites is 1. The summed E-state index contributed by atoms with van der Waals surface area (Å²) in [5.41, 5.74) is 7.45. The molecule has 0 bridgehead atoms. The van der Waals surface area contributed by atoms with E-state index in [1.54, 1.807) is 12.5 Å². The van der Waals surface area contributed by atoms with Gasteiger partial charge >= 0.3 is 0 Å². The summed E-state index contributed by atoms with van der Waals surface area (Å²) < 4.78 is 0. The number of imidazole rings is 1. The molecule has 6 rings (SSSR count). The van der Waals surface area contributed by atoms with Crippen molar-refractivity contribution < 1.29 is 5.11 Å². The molecule has 2 aromatic heterocycles. The summed E-state index contributed by atoms with van der Waals surface area (Å²) in [5, 5.41) is 11.9. The van der Waals surface area contributed by atoms with Crippen molar-refractivity contribution in [2.45, 2.75) is 19.3 Å². The van der Waals surface area contributed by atoms with E-state index < -0.39 is 0 Å². The third-order valence-electron chi connectivity index (χ3n) is 6.98. The number of rotatable bonds is 7. The molecule has 1 aliphatic rings. The number of fused-ring (bicyclic) bond motifs is 1. The average Bonchev–Trinajstić information content (AvgIpc) is 3.69. The highest BCUT2D eigenvalue weighted by Crippen LogP contribution is 2.32. The summed E-state index contributed by atoms with van der Waals surface area (Å²) in [4.78, 5) is 17.9. The van der Waals surface area contributed by atoms with Gasteiger partial charge in [0.2, 0.25) is 0 Å². The molecular formula is C30H29N5O. The van der Waals surface area contributed by atoms with Crippen LogP contribution in [0.25, 0.3) is 22.2 Å². The van der Waals surface area contributed by atoms with Crippen LogP contribution in [-0.4, -0.2) is 50.3 Å². The smallest absolute Gasteiger partial charge is 0.199 e. The number of aliphatic imine (C=N–C) groups is 1. The van der Waals surface area contributed by atoms with Crippen molar-refractivity contribution in [3.8, 4) is 17.1 Å². The molecule has 0 amide bonds. The van der Waals surface area contributed by atoms with Gasteiger partial charge in [0.15, 0.2) is 5.88 Å². The normalized spacial score (nSPS) is 14.6. The van der Waals surface area contributed by atoms with Crippen LogP contribution in [0.5, 0.6) is 5.88 Å². The van der Waals surface area contributed by atoms with Crippen LogP contribution in [0, 0.1) is 0 Å². The molecule has 0 unspecified atom stereocenters. The molecule has 6 heteroatoms. The van der Waals surface area contributed by atoms with E-state index in [0.717, 1.165) is 52.1 Å². The number of aromatic hydroxyl groups is 1. The molecule has 1 aliphatic heterocycles. The first-order valence-electron chi connectivity index (χ1n) is 12.5. The Kier molecular flexibility index (Phi) is 6.10. The first-order valence-corrected chi connectivity index (χ1v) is 12.5. The second-order valence-corrected chi connectivity index (χ2v) is 9.36.